The number of ether oxygens (including phenoxy) is 2. The lowest BCUT2D eigenvalue weighted by molar-refractivity contribution is -0.123. The lowest BCUT2D eigenvalue weighted by Crippen LogP contribution is -2.29. The molecular formula is C27H31N3O7S2. The minimum atomic E-state index is -3.81. The average molecular weight is 574 g/mol. The van der Waals surface area contributed by atoms with Gasteiger partial charge in [-0.2, -0.15) is 4.31 Å². The van der Waals surface area contributed by atoms with Crippen molar-refractivity contribution < 1.29 is 31.1 Å². The number of benzene rings is 3. The van der Waals surface area contributed by atoms with E-state index in [2.05, 4.69) is 10.0 Å². The summed E-state index contributed by atoms with van der Waals surface area (Å²) in [5.74, 6) is 0.603. The second kappa shape index (κ2) is 12.5. The number of nitrogens with zero attached hydrogens (tertiary/aromatic N) is 1. The minimum absolute atomic E-state index is 0.0448. The Kier molecular flexibility index (Phi) is 9.10. The Morgan fingerprint density at radius 3 is 1.97 bits per heavy atom. The third kappa shape index (κ3) is 7.49. The van der Waals surface area contributed by atoms with Gasteiger partial charge < -0.3 is 14.8 Å². The van der Waals surface area contributed by atoms with Crippen LogP contribution < -0.4 is 19.5 Å². The predicted octanol–water partition coefficient (Wildman–Crippen LogP) is 3.37. The molecule has 1 aliphatic heterocycles. The summed E-state index contributed by atoms with van der Waals surface area (Å²) in [7, 11) is -7.29. The molecule has 0 saturated carbocycles. The molecule has 0 spiro atoms. The smallest absolute Gasteiger partial charge is 0.261 e. The van der Waals surface area contributed by atoms with Crippen LogP contribution in [0.15, 0.2) is 82.6 Å². The summed E-state index contributed by atoms with van der Waals surface area (Å²) in [6.07, 6.45) is 1.74. The van der Waals surface area contributed by atoms with E-state index in [1.165, 1.54) is 28.6 Å². The van der Waals surface area contributed by atoms with E-state index in [1.54, 1.807) is 48.5 Å². The van der Waals surface area contributed by atoms with E-state index in [0.717, 1.165) is 18.4 Å². The van der Waals surface area contributed by atoms with E-state index in [0.29, 0.717) is 36.9 Å². The number of carbonyl (C=O) groups is 1. The fraction of sp³-hybridized carbons (Fsp3) is 0.296. The Morgan fingerprint density at radius 2 is 1.36 bits per heavy atom. The molecular weight excluding hydrogens is 542 g/mol. The first-order valence-electron chi connectivity index (χ1n) is 12.5. The number of sulfonamides is 2. The monoisotopic (exact) mass is 573 g/mol. The average Bonchev–Trinajstić information content (AvgIpc) is 3.49. The molecule has 39 heavy (non-hydrogen) atoms. The van der Waals surface area contributed by atoms with Crippen LogP contribution in [-0.4, -0.2) is 53.4 Å². The molecule has 12 heteroatoms. The minimum Gasteiger partial charge on any atom is -0.494 e. The highest BCUT2D eigenvalue weighted by Crippen LogP contribution is 2.22. The first kappa shape index (κ1) is 28.4. The van der Waals surface area contributed by atoms with Gasteiger partial charge in [-0.3, -0.25) is 9.52 Å². The maximum absolute atomic E-state index is 12.7. The zero-order valence-corrected chi connectivity index (χ0v) is 23.1. The number of carbonyl (C=O) groups excluding carboxylic acids is 1. The van der Waals surface area contributed by atoms with Crippen LogP contribution in [0.1, 0.15) is 25.3 Å². The maximum atomic E-state index is 12.7. The first-order valence-corrected chi connectivity index (χ1v) is 15.4. The van der Waals surface area contributed by atoms with E-state index in [-0.39, 0.29) is 28.8 Å². The van der Waals surface area contributed by atoms with Crippen LogP contribution in [0.5, 0.6) is 11.5 Å². The Morgan fingerprint density at radius 1 is 0.795 bits per heavy atom. The molecule has 208 valence electrons. The van der Waals surface area contributed by atoms with Crippen LogP contribution >= 0.6 is 0 Å². The summed E-state index contributed by atoms with van der Waals surface area (Å²) in [4.78, 5) is 12.5. The summed E-state index contributed by atoms with van der Waals surface area (Å²) in [6, 6.07) is 18.7. The maximum Gasteiger partial charge on any atom is 0.261 e. The Labute approximate surface area is 229 Å². The molecule has 0 aromatic heterocycles. The molecule has 0 bridgehead atoms. The topological polar surface area (TPSA) is 131 Å². The zero-order chi connectivity index (χ0) is 27.9. The largest absolute Gasteiger partial charge is 0.494 e. The van der Waals surface area contributed by atoms with Crippen molar-refractivity contribution in [2.45, 2.75) is 36.1 Å². The molecule has 1 saturated heterocycles. The zero-order valence-electron chi connectivity index (χ0n) is 21.5. The molecule has 1 heterocycles. The molecule has 2 N–H and O–H groups in total. The summed E-state index contributed by atoms with van der Waals surface area (Å²) in [5.41, 5.74) is 1.15. The summed E-state index contributed by atoms with van der Waals surface area (Å²) < 4.78 is 65.4. The summed E-state index contributed by atoms with van der Waals surface area (Å²) in [5, 5.41) is 2.72. The van der Waals surface area contributed by atoms with E-state index in [1.807, 2.05) is 6.92 Å². The van der Waals surface area contributed by atoms with Gasteiger partial charge in [-0.15, -0.1) is 0 Å². The third-order valence-electron chi connectivity index (χ3n) is 6.04. The van der Waals surface area contributed by atoms with Gasteiger partial charge in [-0.25, -0.2) is 16.8 Å². The predicted molar refractivity (Wildman–Crippen MR) is 147 cm³/mol. The third-order valence-corrected chi connectivity index (χ3v) is 9.35. The van der Waals surface area contributed by atoms with Crippen LogP contribution in [0.25, 0.3) is 0 Å². The molecule has 4 rings (SSSR count). The van der Waals surface area contributed by atoms with Gasteiger partial charge in [-0.05, 0) is 86.0 Å². The molecule has 0 radical (unpaired) electrons. The molecule has 0 atom stereocenters. The van der Waals surface area contributed by atoms with Crippen LogP contribution in [-0.2, 0) is 31.4 Å². The number of hydrogen-bond donors (Lipinski definition) is 2. The van der Waals surface area contributed by atoms with Crippen molar-refractivity contribution in [3.8, 4) is 11.5 Å². The molecule has 3 aromatic rings. The lowest BCUT2D eigenvalue weighted by atomic mass is 10.2. The van der Waals surface area contributed by atoms with Crippen molar-refractivity contribution in [2.75, 3.05) is 31.0 Å². The van der Waals surface area contributed by atoms with E-state index in [9.17, 15) is 21.6 Å². The van der Waals surface area contributed by atoms with Crippen LogP contribution in [0.3, 0.4) is 0 Å². The number of rotatable bonds is 12. The van der Waals surface area contributed by atoms with Crippen LogP contribution in [0.2, 0.25) is 0 Å². The molecule has 0 unspecified atom stereocenters. The van der Waals surface area contributed by atoms with Gasteiger partial charge in [0.2, 0.25) is 10.0 Å². The van der Waals surface area contributed by atoms with Gasteiger partial charge >= 0.3 is 0 Å². The normalized spacial score (nSPS) is 14.1. The van der Waals surface area contributed by atoms with Crippen molar-refractivity contribution in [1.29, 1.82) is 0 Å². The molecule has 1 fully saturated rings. The Bertz CT molecular complexity index is 1470. The number of nitrogens with one attached hydrogen (secondary N) is 2. The van der Waals surface area contributed by atoms with E-state index in [4.69, 9.17) is 9.47 Å². The Balaban J connectivity index is 1.24. The summed E-state index contributed by atoms with van der Waals surface area (Å²) in [6.45, 7) is 3.41. The highest BCUT2D eigenvalue weighted by molar-refractivity contribution is 7.92. The fourth-order valence-electron chi connectivity index (χ4n) is 3.97. The molecule has 1 amide bonds. The van der Waals surface area contributed by atoms with Crippen molar-refractivity contribution in [1.82, 2.24) is 9.62 Å². The van der Waals surface area contributed by atoms with E-state index >= 15 is 0 Å². The van der Waals surface area contributed by atoms with Crippen molar-refractivity contribution in [3.05, 3.63) is 78.4 Å². The van der Waals surface area contributed by atoms with Crippen LogP contribution in [0.4, 0.5) is 5.69 Å². The quantitative estimate of drug-likeness (QED) is 0.340. The van der Waals surface area contributed by atoms with E-state index < -0.39 is 20.0 Å². The lowest BCUT2D eigenvalue weighted by Gasteiger charge is -2.15. The van der Waals surface area contributed by atoms with Gasteiger partial charge in [0, 0.05) is 25.3 Å². The number of amides is 1. The van der Waals surface area contributed by atoms with Crippen molar-refractivity contribution in [3.63, 3.8) is 0 Å². The van der Waals surface area contributed by atoms with Gasteiger partial charge in [0.05, 0.1) is 16.4 Å². The second-order valence-corrected chi connectivity index (χ2v) is 12.5. The van der Waals surface area contributed by atoms with Crippen LogP contribution in [0, 0.1) is 0 Å². The Hall–Kier alpha value is -3.61. The van der Waals surface area contributed by atoms with Gasteiger partial charge in [0.1, 0.15) is 11.5 Å². The number of anilines is 1. The molecule has 1 aliphatic rings. The first-order chi connectivity index (χ1) is 18.7. The summed E-state index contributed by atoms with van der Waals surface area (Å²) >= 11 is 0. The highest BCUT2D eigenvalue weighted by atomic mass is 32.2. The fourth-order valence-corrected chi connectivity index (χ4v) is 6.55. The van der Waals surface area contributed by atoms with Crippen molar-refractivity contribution >= 4 is 31.6 Å². The molecule has 0 aliphatic carbocycles. The SMILES string of the molecule is CCOc1ccc(NS(=O)(=O)c2ccc(OCC(=O)NCc3ccc(S(=O)(=O)N4CCCC4)cc3)cc2)cc1. The van der Waals surface area contributed by atoms with Crippen molar-refractivity contribution in [2.24, 2.45) is 0 Å². The van der Waals surface area contributed by atoms with Gasteiger partial charge in [0.25, 0.3) is 15.9 Å². The van der Waals surface area contributed by atoms with Gasteiger partial charge in [-0.1, -0.05) is 12.1 Å². The molecule has 3 aromatic carbocycles. The second-order valence-electron chi connectivity index (χ2n) is 8.85. The standard InChI is InChI=1S/C27H31N3O7S2/c1-2-36-23-9-7-22(8-10-23)29-38(32,33)25-15-11-24(12-16-25)37-20-27(31)28-19-21-5-13-26(14-6-21)39(34,35)30-17-3-4-18-30/h5-16,29H,2-4,17-20H2,1H3,(H,28,31). The van der Waals surface area contributed by atoms with Gasteiger partial charge in [0.15, 0.2) is 6.61 Å². The molecule has 10 nitrogen and oxygen atoms in total. The highest BCUT2D eigenvalue weighted by Gasteiger charge is 2.26. The number of hydrogen-bond acceptors (Lipinski definition) is 7.